The van der Waals surface area contributed by atoms with Crippen LogP contribution in [-0.2, 0) is 17.6 Å². The van der Waals surface area contributed by atoms with Crippen molar-refractivity contribution in [3.63, 3.8) is 0 Å². The van der Waals surface area contributed by atoms with Crippen LogP contribution in [0.25, 0.3) is 6.08 Å². The fourth-order valence-electron chi connectivity index (χ4n) is 6.59. The van der Waals surface area contributed by atoms with Gasteiger partial charge in [0.15, 0.2) is 0 Å². The molecule has 0 saturated heterocycles. The lowest BCUT2D eigenvalue weighted by Crippen LogP contribution is -2.47. The first-order chi connectivity index (χ1) is 20.6. The van der Waals surface area contributed by atoms with Crippen molar-refractivity contribution in [1.29, 1.82) is 0 Å². The number of rotatable bonds is 9. The minimum Gasteiger partial charge on any atom is -0.493 e. The van der Waals surface area contributed by atoms with Gasteiger partial charge in [0.05, 0.1) is 12.7 Å². The Morgan fingerprint density at radius 2 is 1.95 bits per heavy atom. The Labute approximate surface area is 260 Å². The summed E-state index contributed by atoms with van der Waals surface area (Å²) >= 11 is 6.25. The highest BCUT2D eigenvalue weighted by Crippen LogP contribution is 2.38. The van der Waals surface area contributed by atoms with Crippen molar-refractivity contribution in [1.82, 2.24) is 4.98 Å². The molecule has 3 N–H and O–H groups in total. The van der Waals surface area contributed by atoms with Crippen molar-refractivity contribution in [3.05, 3.63) is 93.3 Å². The standard InChI is InChI=1S/C36H43ClN2O4/c1-23(22-43-33-14-17-38-32-9-4-6-24(2)34(32)33)18-26-12-15-36(35(41)42,39-31-8-5-7-30(37)21-31)16-13-29-20-27(25(3)40)10-11-28(29)19-26/h5,7-8,10-11,14,17,19-21,23-25,39-40H,4,6,9,12-13,15-16,18,22H2,1-3H3,(H,41,42)/b26-19+/t23-,24-,25?,36+/m1/s1. The third-order valence-corrected chi connectivity index (χ3v) is 9.27. The van der Waals surface area contributed by atoms with E-state index < -0.39 is 17.6 Å². The normalized spacial score (nSPS) is 22.8. The number of benzene rings is 2. The van der Waals surface area contributed by atoms with Crippen molar-refractivity contribution in [3.8, 4) is 5.75 Å². The van der Waals surface area contributed by atoms with Gasteiger partial charge in [-0.05, 0) is 111 Å². The number of halogens is 1. The van der Waals surface area contributed by atoms with Gasteiger partial charge in [0, 0.05) is 28.2 Å². The van der Waals surface area contributed by atoms with Crippen LogP contribution in [0.15, 0.2) is 60.3 Å². The smallest absolute Gasteiger partial charge is 0.329 e. The van der Waals surface area contributed by atoms with E-state index in [4.69, 9.17) is 16.3 Å². The maximum absolute atomic E-state index is 13.0. The number of hydrogen-bond acceptors (Lipinski definition) is 5. The molecule has 2 aromatic carbocycles. The molecule has 4 atom stereocenters. The fraction of sp³-hybridized carbons (Fsp3) is 0.444. The van der Waals surface area contributed by atoms with Crippen LogP contribution in [0, 0.1) is 5.92 Å². The van der Waals surface area contributed by atoms with Crippen LogP contribution < -0.4 is 10.1 Å². The van der Waals surface area contributed by atoms with Gasteiger partial charge in [-0.1, -0.05) is 61.4 Å². The summed E-state index contributed by atoms with van der Waals surface area (Å²) in [5.74, 6) is 0.725. The number of aliphatic hydroxyl groups is 1. The predicted molar refractivity (Wildman–Crippen MR) is 173 cm³/mol. The number of carbonyl (C=O) groups is 1. The number of hydrogen-bond donors (Lipinski definition) is 3. The van der Waals surface area contributed by atoms with E-state index in [1.165, 1.54) is 17.6 Å². The highest BCUT2D eigenvalue weighted by molar-refractivity contribution is 6.30. The summed E-state index contributed by atoms with van der Waals surface area (Å²) in [6.45, 7) is 6.77. The quantitative estimate of drug-likeness (QED) is 0.228. The second-order valence-electron chi connectivity index (χ2n) is 12.5. The number of carboxylic acids is 1. The van der Waals surface area contributed by atoms with E-state index >= 15 is 0 Å². The molecule has 0 saturated carbocycles. The summed E-state index contributed by atoms with van der Waals surface area (Å²) < 4.78 is 6.43. The number of carboxylic acid groups (broad SMARTS) is 1. The zero-order valence-corrected chi connectivity index (χ0v) is 26.2. The van der Waals surface area contributed by atoms with Crippen LogP contribution in [0.3, 0.4) is 0 Å². The molecule has 7 heteroatoms. The summed E-state index contributed by atoms with van der Waals surface area (Å²) in [6.07, 6.45) is 9.61. The topological polar surface area (TPSA) is 91.7 Å². The number of nitrogens with one attached hydrogen (secondary N) is 1. The van der Waals surface area contributed by atoms with Gasteiger partial charge in [-0.25, -0.2) is 4.79 Å². The number of aliphatic hydroxyl groups excluding tert-OH is 1. The number of anilines is 1. The molecule has 2 aliphatic carbocycles. The van der Waals surface area contributed by atoms with Crippen LogP contribution in [0.2, 0.25) is 5.02 Å². The van der Waals surface area contributed by atoms with Crippen molar-refractivity contribution in [2.75, 3.05) is 11.9 Å². The molecule has 0 amide bonds. The largest absolute Gasteiger partial charge is 0.493 e. The van der Waals surface area contributed by atoms with E-state index in [0.717, 1.165) is 47.4 Å². The molecule has 1 aromatic heterocycles. The number of nitrogens with zero attached hydrogens (tertiary/aromatic N) is 1. The van der Waals surface area contributed by atoms with Gasteiger partial charge in [-0.2, -0.15) is 0 Å². The Morgan fingerprint density at radius 1 is 1.14 bits per heavy atom. The molecule has 5 rings (SSSR count). The van der Waals surface area contributed by atoms with Crippen molar-refractivity contribution in [2.24, 2.45) is 5.92 Å². The molecule has 3 aromatic rings. The zero-order chi connectivity index (χ0) is 30.6. The Kier molecular flexibility index (Phi) is 9.78. The van der Waals surface area contributed by atoms with Crippen LogP contribution in [0.5, 0.6) is 5.75 Å². The van der Waals surface area contributed by atoms with Gasteiger partial charge in [-0.3, -0.25) is 4.98 Å². The molecule has 228 valence electrons. The molecule has 0 spiro atoms. The average molecular weight is 603 g/mol. The van der Waals surface area contributed by atoms with E-state index in [1.807, 2.05) is 36.5 Å². The first-order valence-electron chi connectivity index (χ1n) is 15.5. The van der Waals surface area contributed by atoms with Crippen molar-refractivity contribution < 1.29 is 19.7 Å². The summed E-state index contributed by atoms with van der Waals surface area (Å²) in [5, 5.41) is 24.8. The molecular weight excluding hydrogens is 560 g/mol. The molecule has 0 aliphatic heterocycles. The van der Waals surface area contributed by atoms with Gasteiger partial charge in [0.25, 0.3) is 0 Å². The SMILES string of the molecule is CC(O)c1ccc2c(c1)CC[C@](Nc1cccc(Cl)c1)(C(=O)O)CC/C(C[C@@H](C)COc1ccnc3c1[C@H](C)CCC3)=C\2. The van der Waals surface area contributed by atoms with Gasteiger partial charge >= 0.3 is 5.97 Å². The van der Waals surface area contributed by atoms with E-state index in [-0.39, 0.29) is 5.92 Å². The Balaban J connectivity index is 1.41. The Hall–Kier alpha value is -3.35. The molecule has 43 heavy (non-hydrogen) atoms. The molecule has 0 bridgehead atoms. The van der Waals surface area contributed by atoms with Gasteiger partial charge in [0.1, 0.15) is 11.3 Å². The van der Waals surface area contributed by atoms with E-state index in [2.05, 4.69) is 36.3 Å². The Morgan fingerprint density at radius 3 is 2.72 bits per heavy atom. The summed E-state index contributed by atoms with van der Waals surface area (Å²) in [4.78, 5) is 17.6. The second kappa shape index (κ2) is 13.5. The first-order valence-corrected chi connectivity index (χ1v) is 15.9. The molecule has 0 radical (unpaired) electrons. The maximum Gasteiger partial charge on any atom is 0.329 e. The van der Waals surface area contributed by atoms with Gasteiger partial charge in [-0.15, -0.1) is 0 Å². The Bertz CT molecular complexity index is 1490. The molecule has 2 aliphatic rings. The summed E-state index contributed by atoms with van der Waals surface area (Å²) in [5.41, 5.74) is 6.05. The summed E-state index contributed by atoms with van der Waals surface area (Å²) in [7, 11) is 0. The van der Waals surface area contributed by atoms with Crippen LogP contribution >= 0.6 is 11.6 Å². The van der Waals surface area contributed by atoms with Crippen LogP contribution in [0.4, 0.5) is 5.69 Å². The minimum absolute atomic E-state index is 0.218. The second-order valence-corrected chi connectivity index (χ2v) is 13.0. The monoisotopic (exact) mass is 602 g/mol. The third-order valence-electron chi connectivity index (χ3n) is 9.03. The van der Waals surface area contributed by atoms with E-state index in [9.17, 15) is 15.0 Å². The molecule has 1 unspecified atom stereocenters. The number of fused-ring (bicyclic) bond motifs is 2. The molecular formula is C36H43ClN2O4. The predicted octanol–water partition coefficient (Wildman–Crippen LogP) is 8.38. The zero-order valence-electron chi connectivity index (χ0n) is 25.4. The average Bonchev–Trinajstić information content (AvgIpc) is 3.04. The van der Waals surface area contributed by atoms with Crippen LogP contribution in [0.1, 0.15) is 99.3 Å². The minimum atomic E-state index is -1.18. The van der Waals surface area contributed by atoms with Gasteiger partial charge < -0.3 is 20.3 Å². The fourth-order valence-corrected chi connectivity index (χ4v) is 6.78. The van der Waals surface area contributed by atoms with E-state index in [1.54, 1.807) is 19.1 Å². The number of aromatic nitrogens is 1. The van der Waals surface area contributed by atoms with Gasteiger partial charge in [0.2, 0.25) is 0 Å². The lowest BCUT2D eigenvalue weighted by atomic mass is 9.84. The molecule has 6 nitrogen and oxygen atoms in total. The first kappa shape index (κ1) is 31.1. The number of aliphatic carboxylic acids is 1. The van der Waals surface area contributed by atoms with Crippen molar-refractivity contribution >= 4 is 29.3 Å². The highest BCUT2D eigenvalue weighted by Gasteiger charge is 2.39. The number of pyridine rings is 1. The lowest BCUT2D eigenvalue weighted by molar-refractivity contribution is -0.142. The number of ether oxygens (including phenoxy) is 1. The lowest BCUT2D eigenvalue weighted by Gasteiger charge is -2.32. The van der Waals surface area contributed by atoms with E-state index in [0.29, 0.717) is 48.9 Å². The van der Waals surface area contributed by atoms with Crippen molar-refractivity contribution in [2.45, 2.75) is 89.7 Å². The third kappa shape index (κ3) is 7.42. The number of aryl methyl sites for hydroxylation is 2. The summed E-state index contributed by atoms with van der Waals surface area (Å²) in [6, 6.07) is 15.3. The number of allylic oxidation sites excluding steroid dienone is 1. The highest BCUT2D eigenvalue weighted by atomic mass is 35.5. The maximum atomic E-state index is 13.0. The van der Waals surface area contributed by atoms with Crippen LogP contribution in [-0.4, -0.2) is 33.3 Å². The molecule has 1 heterocycles. The molecule has 0 fully saturated rings.